The molecule has 116 valence electrons. The van der Waals surface area contributed by atoms with Gasteiger partial charge < -0.3 is 4.74 Å². The molecule has 0 atom stereocenters. The zero-order chi connectivity index (χ0) is 16.5. The molecular weight excluding hydrogens is 314 g/mol. The molecule has 2 nitrogen and oxygen atoms in total. The van der Waals surface area contributed by atoms with Gasteiger partial charge in [0.05, 0.1) is 11.1 Å². The number of hydrogen-bond acceptors (Lipinski definition) is 2. The van der Waals surface area contributed by atoms with E-state index in [1.54, 1.807) is 0 Å². The van der Waals surface area contributed by atoms with E-state index in [0.29, 0.717) is 0 Å². The lowest BCUT2D eigenvalue weighted by Crippen LogP contribution is -2.19. The van der Waals surface area contributed by atoms with Crippen molar-refractivity contribution in [1.82, 2.24) is 0 Å². The van der Waals surface area contributed by atoms with E-state index in [4.69, 9.17) is 0 Å². The Morgan fingerprint density at radius 3 is 2.05 bits per heavy atom. The third-order valence-corrected chi connectivity index (χ3v) is 2.59. The summed E-state index contributed by atoms with van der Waals surface area (Å²) in [5.74, 6) is -6.61. The van der Waals surface area contributed by atoms with Crippen LogP contribution in [0.2, 0.25) is 0 Å². The molecule has 2 rings (SSSR count). The third-order valence-electron chi connectivity index (χ3n) is 2.59. The molecule has 2 aromatic rings. The maximum absolute atomic E-state index is 13.6. The molecule has 0 aliphatic rings. The van der Waals surface area contributed by atoms with Gasteiger partial charge in [0.1, 0.15) is 23.2 Å². The average Bonchev–Trinajstić information content (AvgIpc) is 2.35. The highest BCUT2D eigenvalue weighted by Crippen LogP contribution is 2.29. The predicted molar refractivity (Wildman–Crippen MR) is 62.9 cm³/mol. The molecule has 0 aromatic heterocycles. The molecule has 8 heteroatoms. The van der Waals surface area contributed by atoms with E-state index in [2.05, 4.69) is 4.74 Å². The molecule has 0 N–H and O–H groups in total. The quantitative estimate of drug-likeness (QED) is 0.625. The molecule has 0 amide bonds. The predicted octanol–water partition coefficient (Wildman–Crippen LogP) is 4.23. The number of carbonyl (C=O) groups excluding carboxylic acids is 1. The Morgan fingerprint density at radius 2 is 1.50 bits per heavy atom. The smallest absolute Gasteiger partial charge is 0.405 e. The molecule has 0 heterocycles. The van der Waals surface area contributed by atoms with E-state index in [0.717, 1.165) is 18.2 Å². The Morgan fingerprint density at radius 1 is 0.955 bits per heavy atom. The van der Waals surface area contributed by atoms with Crippen LogP contribution in [0.3, 0.4) is 0 Å². The van der Waals surface area contributed by atoms with Crippen molar-refractivity contribution in [2.45, 2.75) is 6.36 Å². The molecule has 0 spiro atoms. The standard InChI is InChI=1S/C14H6F6O2/c15-7-5-9(16)12(10(17)6-7)13(21)8-3-1-2-4-11(8)22-14(18,19)20/h1-6H. The molecule has 0 bridgehead atoms. The van der Waals surface area contributed by atoms with Crippen LogP contribution in [0.25, 0.3) is 0 Å². The molecule has 0 saturated carbocycles. The summed E-state index contributed by atoms with van der Waals surface area (Å²) in [6.07, 6.45) is -5.09. The first-order chi connectivity index (χ1) is 10.2. The van der Waals surface area contributed by atoms with Crippen LogP contribution < -0.4 is 4.74 Å². The number of hydrogen-bond donors (Lipinski definition) is 0. The lowest BCUT2D eigenvalue weighted by atomic mass is 10.0. The SMILES string of the molecule is O=C(c1ccccc1OC(F)(F)F)c1c(F)cc(F)cc1F. The van der Waals surface area contributed by atoms with Crippen molar-refractivity contribution in [1.29, 1.82) is 0 Å². The molecule has 0 unspecified atom stereocenters. The van der Waals surface area contributed by atoms with E-state index in [9.17, 15) is 31.1 Å². The number of halogens is 6. The van der Waals surface area contributed by atoms with Crippen molar-refractivity contribution in [2.24, 2.45) is 0 Å². The fourth-order valence-electron chi connectivity index (χ4n) is 1.76. The lowest BCUT2D eigenvalue weighted by Gasteiger charge is -2.13. The van der Waals surface area contributed by atoms with E-state index in [-0.39, 0.29) is 12.1 Å². The molecule has 0 saturated heterocycles. The van der Waals surface area contributed by atoms with Gasteiger partial charge in [-0.15, -0.1) is 13.2 Å². The van der Waals surface area contributed by atoms with Crippen molar-refractivity contribution in [3.05, 3.63) is 65.0 Å². The number of benzene rings is 2. The Balaban J connectivity index is 2.52. The van der Waals surface area contributed by atoms with Gasteiger partial charge in [-0.1, -0.05) is 12.1 Å². The van der Waals surface area contributed by atoms with Gasteiger partial charge in [0.2, 0.25) is 5.78 Å². The summed E-state index contributed by atoms with van der Waals surface area (Å²) in [6, 6.07) is 4.57. The highest BCUT2D eigenvalue weighted by molar-refractivity contribution is 6.11. The highest BCUT2D eigenvalue weighted by atomic mass is 19.4. The number of carbonyl (C=O) groups is 1. The fourth-order valence-corrected chi connectivity index (χ4v) is 1.76. The second-order valence-corrected chi connectivity index (χ2v) is 4.12. The van der Waals surface area contributed by atoms with Gasteiger partial charge in [-0.3, -0.25) is 4.79 Å². The molecule has 0 radical (unpaired) electrons. The fraction of sp³-hybridized carbons (Fsp3) is 0.0714. The Hall–Kier alpha value is -2.51. The largest absolute Gasteiger partial charge is 0.573 e. The Bertz CT molecular complexity index is 701. The second kappa shape index (κ2) is 5.70. The van der Waals surface area contributed by atoms with Crippen LogP contribution in [0, 0.1) is 17.5 Å². The maximum Gasteiger partial charge on any atom is 0.573 e. The van der Waals surface area contributed by atoms with Crippen LogP contribution in [0.5, 0.6) is 5.75 Å². The maximum atomic E-state index is 13.6. The minimum Gasteiger partial charge on any atom is -0.405 e. The number of rotatable bonds is 3. The van der Waals surface area contributed by atoms with Gasteiger partial charge in [0, 0.05) is 12.1 Å². The first kappa shape index (κ1) is 15.9. The van der Waals surface area contributed by atoms with E-state index >= 15 is 0 Å². The van der Waals surface area contributed by atoms with Crippen molar-refractivity contribution >= 4 is 5.78 Å². The summed E-state index contributed by atoms with van der Waals surface area (Å²) in [4.78, 5) is 12.1. The summed E-state index contributed by atoms with van der Waals surface area (Å²) < 4.78 is 80.4. The Kier molecular flexibility index (Phi) is 4.11. The summed E-state index contributed by atoms with van der Waals surface area (Å²) in [7, 11) is 0. The van der Waals surface area contributed by atoms with Crippen LogP contribution in [-0.4, -0.2) is 12.1 Å². The van der Waals surface area contributed by atoms with E-state index in [1.807, 2.05) is 0 Å². The third kappa shape index (κ3) is 3.38. The summed E-state index contributed by atoms with van der Waals surface area (Å²) in [5, 5.41) is 0. The van der Waals surface area contributed by atoms with Crippen molar-refractivity contribution < 1.29 is 35.9 Å². The van der Waals surface area contributed by atoms with E-state index in [1.165, 1.54) is 6.07 Å². The number of ketones is 1. The van der Waals surface area contributed by atoms with Crippen molar-refractivity contribution in [3.63, 3.8) is 0 Å². The van der Waals surface area contributed by atoms with Crippen LogP contribution in [0.15, 0.2) is 36.4 Å². The number of ether oxygens (including phenoxy) is 1. The number of alkyl halides is 3. The summed E-state index contributed by atoms with van der Waals surface area (Å²) >= 11 is 0. The zero-order valence-corrected chi connectivity index (χ0v) is 10.5. The lowest BCUT2D eigenvalue weighted by molar-refractivity contribution is -0.274. The minimum absolute atomic E-state index is 0.254. The summed E-state index contributed by atoms with van der Waals surface area (Å²) in [6.45, 7) is 0. The first-order valence-electron chi connectivity index (χ1n) is 5.73. The molecular formula is C14H6F6O2. The first-order valence-corrected chi connectivity index (χ1v) is 5.73. The van der Waals surface area contributed by atoms with Crippen molar-refractivity contribution in [3.8, 4) is 5.75 Å². The minimum atomic E-state index is -5.09. The number of para-hydroxylation sites is 1. The second-order valence-electron chi connectivity index (χ2n) is 4.12. The summed E-state index contributed by atoms with van der Waals surface area (Å²) in [5.41, 5.74) is -1.87. The van der Waals surface area contributed by atoms with E-state index < -0.39 is 46.5 Å². The molecule has 0 aliphatic carbocycles. The van der Waals surface area contributed by atoms with Crippen LogP contribution in [0.1, 0.15) is 15.9 Å². The molecule has 22 heavy (non-hydrogen) atoms. The van der Waals surface area contributed by atoms with Gasteiger partial charge >= 0.3 is 6.36 Å². The van der Waals surface area contributed by atoms with Crippen molar-refractivity contribution in [2.75, 3.05) is 0 Å². The zero-order valence-electron chi connectivity index (χ0n) is 10.5. The highest BCUT2D eigenvalue weighted by Gasteiger charge is 2.33. The van der Waals surface area contributed by atoms with Gasteiger partial charge in [-0.25, -0.2) is 13.2 Å². The van der Waals surface area contributed by atoms with Gasteiger partial charge in [0.15, 0.2) is 0 Å². The van der Waals surface area contributed by atoms with Gasteiger partial charge in [0.25, 0.3) is 0 Å². The topological polar surface area (TPSA) is 26.3 Å². The monoisotopic (exact) mass is 320 g/mol. The molecule has 2 aromatic carbocycles. The average molecular weight is 320 g/mol. The van der Waals surface area contributed by atoms with Crippen LogP contribution in [0.4, 0.5) is 26.3 Å². The van der Waals surface area contributed by atoms with Crippen LogP contribution in [-0.2, 0) is 0 Å². The van der Waals surface area contributed by atoms with Gasteiger partial charge in [-0.05, 0) is 12.1 Å². The van der Waals surface area contributed by atoms with Crippen LogP contribution >= 0.6 is 0 Å². The van der Waals surface area contributed by atoms with Gasteiger partial charge in [-0.2, -0.15) is 0 Å². The molecule has 0 aliphatic heterocycles. The molecule has 0 fully saturated rings. The Labute approximate surface area is 119 Å². The normalized spacial score (nSPS) is 11.4.